The van der Waals surface area contributed by atoms with Gasteiger partial charge in [0.15, 0.2) is 0 Å². The second-order valence-electron chi connectivity index (χ2n) is 7.67. The predicted molar refractivity (Wildman–Crippen MR) is 116 cm³/mol. The molecule has 1 heterocycles. The summed E-state index contributed by atoms with van der Waals surface area (Å²) in [4.78, 5) is 29.4. The van der Waals surface area contributed by atoms with Gasteiger partial charge in [-0.25, -0.2) is 0 Å². The van der Waals surface area contributed by atoms with E-state index in [1.165, 1.54) is 4.90 Å². The minimum Gasteiger partial charge on any atom is -0.507 e. The summed E-state index contributed by atoms with van der Waals surface area (Å²) in [6, 6.07) is 13.9. The van der Waals surface area contributed by atoms with Crippen molar-refractivity contribution in [2.75, 3.05) is 33.8 Å². The van der Waals surface area contributed by atoms with Crippen LogP contribution < -0.4 is 4.74 Å². The zero-order chi connectivity index (χ0) is 21.8. The van der Waals surface area contributed by atoms with Crippen molar-refractivity contribution in [3.63, 3.8) is 0 Å². The van der Waals surface area contributed by atoms with Crippen molar-refractivity contribution >= 4 is 17.4 Å². The molecule has 1 N–H and O–H groups in total. The third-order valence-corrected chi connectivity index (χ3v) is 5.14. The third-order valence-electron chi connectivity index (χ3n) is 5.14. The average Bonchev–Trinajstić information content (AvgIpc) is 2.97. The van der Waals surface area contributed by atoms with Crippen LogP contribution in [0.5, 0.6) is 5.75 Å². The van der Waals surface area contributed by atoms with E-state index in [-0.39, 0.29) is 11.3 Å². The molecule has 0 radical (unpaired) electrons. The monoisotopic (exact) mass is 408 g/mol. The fraction of sp³-hybridized carbons (Fsp3) is 0.333. The first-order valence-corrected chi connectivity index (χ1v) is 10.1. The molecule has 1 atom stereocenters. The molecule has 0 aliphatic carbocycles. The third kappa shape index (κ3) is 4.39. The van der Waals surface area contributed by atoms with Crippen LogP contribution in [0.15, 0.2) is 54.1 Å². The van der Waals surface area contributed by atoms with Crippen LogP contribution in [0.1, 0.15) is 29.7 Å². The van der Waals surface area contributed by atoms with Crippen molar-refractivity contribution in [1.82, 2.24) is 9.80 Å². The predicted octanol–water partition coefficient (Wildman–Crippen LogP) is 3.38. The van der Waals surface area contributed by atoms with Gasteiger partial charge in [0.1, 0.15) is 11.5 Å². The van der Waals surface area contributed by atoms with Gasteiger partial charge < -0.3 is 19.6 Å². The molecule has 6 nitrogen and oxygen atoms in total. The minimum atomic E-state index is -0.674. The van der Waals surface area contributed by atoms with Gasteiger partial charge in [-0.15, -0.1) is 0 Å². The Kier molecular flexibility index (Phi) is 6.57. The zero-order valence-electron chi connectivity index (χ0n) is 17.9. The lowest BCUT2D eigenvalue weighted by Crippen LogP contribution is -2.35. The van der Waals surface area contributed by atoms with Gasteiger partial charge in [-0.2, -0.15) is 0 Å². The van der Waals surface area contributed by atoms with Gasteiger partial charge in [0.05, 0.1) is 18.2 Å². The van der Waals surface area contributed by atoms with Crippen LogP contribution in [-0.4, -0.2) is 60.4 Å². The Labute approximate surface area is 177 Å². The van der Waals surface area contributed by atoms with Gasteiger partial charge in [0.2, 0.25) is 0 Å². The summed E-state index contributed by atoms with van der Waals surface area (Å²) in [7, 11) is 3.82. The first-order chi connectivity index (χ1) is 14.3. The molecule has 30 heavy (non-hydrogen) atoms. The molecule has 1 fully saturated rings. The zero-order valence-corrected chi connectivity index (χ0v) is 17.9. The molecule has 2 aromatic rings. The van der Waals surface area contributed by atoms with E-state index >= 15 is 0 Å². The summed E-state index contributed by atoms with van der Waals surface area (Å²) >= 11 is 0. The maximum Gasteiger partial charge on any atom is 0.295 e. The highest BCUT2D eigenvalue weighted by atomic mass is 16.5. The van der Waals surface area contributed by atoms with Crippen molar-refractivity contribution in [2.45, 2.75) is 19.9 Å². The van der Waals surface area contributed by atoms with Crippen LogP contribution >= 0.6 is 0 Å². The number of carbonyl (C=O) groups excluding carboxylic acids is 2. The van der Waals surface area contributed by atoms with E-state index in [2.05, 4.69) is 0 Å². The Hall–Kier alpha value is -3.12. The number of benzene rings is 2. The molecule has 158 valence electrons. The number of ether oxygens (including phenoxy) is 1. The Balaban J connectivity index is 2.14. The Bertz CT molecular complexity index is 963. The van der Waals surface area contributed by atoms with Crippen LogP contribution in [0.3, 0.4) is 0 Å². The number of likely N-dealkylation sites (tertiary alicyclic amines) is 1. The van der Waals surface area contributed by atoms with Crippen molar-refractivity contribution in [3.05, 3.63) is 70.8 Å². The summed E-state index contributed by atoms with van der Waals surface area (Å²) in [6.07, 6.45) is 0. The van der Waals surface area contributed by atoms with Gasteiger partial charge in [-0.05, 0) is 45.6 Å². The van der Waals surface area contributed by atoms with Crippen LogP contribution in [0.2, 0.25) is 0 Å². The smallest absolute Gasteiger partial charge is 0.295 e. The number of amides is 1. The molecule has 0 aromatic heterocycles. The number of aliphatic hydroxyl groups is 1. The second-order valence-corrected chi connectivity index (χ2v) is 7.67. The summed E-state index contributed by atoms with van der Waals surface area (Å²) in [5, 5.41) is 11.0. The molecule has 0 spiro atoms. The van der Waals surface area contributed by atoms with Crippen molar-refractivity contribution in [1.29, 1.82) is 0 Å². The highest BCUT2D eigenvalue weighted by Crippen LogP contribution is 2.40. The maximum absolute atomic E-state index is 13.0. The first kappa shape index (κ1) is 21.6. The molecule has 2 aromatic carbocycles. The summed E-state index contributed by atoms with van der Waals surface area (Å²) in [6.45, 7) is 5.31. The number of hydrogen-bond donors (Lipinski definition) is 1. The Morgan fingerprint density at radius 2 is 1.83 bits per heavy atom. The number of carbonyl (C=O) groups is 2. The number of rotatable bonds is 7. The summed E-state index contributed by atoms with van der Waals surface area (Å²) < 4.78 is 5.61. The first-order valence-electron chi connectivity index (χ1n) is 10.1. The van der Waals surface area contributed by atoms with Crippen LogP contribution in [0.4, 0.5) is 0 Å². The molecule has 0 bridgehead atoms. The van der Waals surface area contributed by atoms with Gasteiger partial charge in [-0.3, -0.25) is 9.59 Å². The fourth-order valence-electron chi connectivity index (χ4n) is 3.57. The number of nitrogens with zero attached hydrogens (tertiary/aromatic N) is 2. The SMILES string of the molecule is CCOc1cccc(C2C(=C(O)c3ccc(C)cc3)C(=O)C(=O)N2CCN(C)C)c1. The average molecular weight is 408 g/mol. The number of aryl methyl sites for hydroxylation is 1. The molecule has 6 heteroatoms. The molecule has 1 aliphatic rings. The van der Waals surface area contributed by atoms with E-state index in [1.54, 1.807) is 12.1 Å². The summed E-state index contributed by atoms with van der Waals surface area (Å²) in [5.41, 5.74) is 2.39. The summed E-state index contributed by atoms with van der Waals surface area (Å²) in [5.74, 6) is -0.771. The molecular formula is C24H28N2O4. The number of likely N-dealkylation sites (N-methyl/N-ethyl adjacent to an activating group) is 1. The number of ketones is 1. The van der Waals surface area contributed by atoms with Crippen molar-refractivity contribution in [3.8, 4) is 5.75 Å². The molecule has 3 rings (SSSR count). The van der Waals surface area contributed by atoms with Gasteiger partial charge in [0.25, 0.3) is 11.7 Å². The van der Waals surface area contributed by atoms with Gasteiger partial charge >= 0.3 is 0 Å². The molecule has 0 saturated carbocycles. The van der Waals surface area contributed by atoms with Crippen molar-refractivity contribution < 1.29 is 19.4 Å². The van der Waals surface area contributed by atoms with Crippen LogP contribution in [-0.2, 0) is 9.59 Å². The van der Waals surface area contributed by atoms with E-state index in [9.17, 15) is 14.7 Å². The lowest BCUT2D eigenvalue weighted by molar-refractivity contribution is -0.140. The molecule has 1 saturated heterocycles. The molecular weight excluding hydrogens is 380 g/mol. The lowest BCUT2D eigenvalue weighted by Gasteiger charge is -2.26. The minimum absolute atomic E-state index is 0.108. The molecule has 1 amide bonds. The maximum atomic E-state index is 13.0. The molecule has 1 aliphatic heterocycles. The number of Topliss-reactive ketones (excluding diaryl/α,β-unsaturated/α-hetero) is 1. The molecule has 1 unspecified atom stereocenters. The van der Waals surface area contributed by atoms with Gasteiger partial charge in [0, 0.05) is 18.7 Å². The standard InChI is InChI=1S/C24H28N2O4/c1-5-30-19-8-6-7-18(15-19)21-20(22(27)17-11-9-16(2)10-12-17)23(28)24(29)26(21)14-13-25(3)4/h6-12,15,21,27H,5,13-14H2,1-4H3. The van der Waals surface area contributed by atoms with E-state index in [4.69, 9.17) is 4.74 Å². The Morgan fingerprint density at radius 3 is 2.47 bits per heavy atom. The van der Waals surface area contributed by atoms with E-state index in [0.29, 0.717) is 31.0 Å². The topological polar surface area (TPSA) is 70.1 Å². The highest BCUT2D eigenvalue weighted by Gasteiger charge is 2.46. The normalized spacial score (nSPS) is 18.3. The van der Waals surface area contributed by atoms with Crippen LogP contribution in [0.25, 0.3) is 5.76 Å². The highest BCUT2D eigenvalue weighted by molar-refractivity contribution is 6.46. The number of hydrogen-bond acceptors (Lipinski definition) is 5. The van der Waals surface area contributed by atoms with Crippen molar-refractivity contribution in [2.24, 2.45) is 0 Å². The fourth-order valence-corrected chi connectivity index (χ4v) is 3.57. The van der Waals surface area contributed by atoms with Crippen LogP contribution in [0, 0.1) is 6.92 Å². The number of aliphatic hydroxyl groups excluding tert-OH is 1. The van der Waals surface area contributed by atoms with Gasteiger partial charge in [-0.1, -0.05) is 42.0 Å². The Morgan fingerprint density at radius 1 is 1.13 bits per heavy atom. The quantitative estimate of drug-likeness (QED) is 0.432. The van der Waals surface area contributed by atoms with E-state index in [1.807, 2.05) is 69.2 Å². The lowest BCUT2D eigenvalue weighted by atomic mass is 9.95. The second kappa shape index (κ2) is 9.13. The van der Waals surface area contributed by atoms with E-state index < -0.39 is 17.7 Å². The largest absolute Gasteiger partial charge is 0.507 e. The van der Waals surface area contributed by atoms with E-state index in [0.717, 1.165) is 11.1 Å².